The Morgan fingerprint density at radius 2 is 1.63 bits per heavy atom. The van der Waals surface area contributed by atoms with Crippen molar-refractivity contribution in [3.63, 3.8) is 0 Å². The maximum absolute atomic E-state index is 12.7. The maximum Gasteiger partial charge on any atom is 0.260 e. The normalized spacial score (nSPS) is 14.0. The van der Waals surface area contributed by atoms with E-state index in [1.807, 2.05) is 54.6 Å². The molecule has 1 aliphatic heterocycles. The minimum absolute atomic E-state index is 0.0731. The first-order valence-corrected chi connectivity index (χ1v) is 13.5. The van der Waals surface area contributed by atoms with Crippen molar-refractivity contribution in [3.05, 3.63) is 89.4 Å². The topological polar surface area (TPSA) is 70.2 Å². The molecule has 0 spiro atoms. The first kappa shape index (κ1) is 24.9. The quantitative estimate of drug-likeness (QED) is 0.455. The van der Waals surface area contributed by atoms with Gasteiger partial charge in [0.25, 0.3) is 5.91 Å². The van der Waals surface area contributed by atoms with E-state index in [-0.39, 0.29) is 19.1 Å². The average Bonchev–Trinajstić information content (AvgIpc) is 2.86. The Kier molecular flexibility index (Phi) is 7.83. The van der Waals surface area contributed by atoms with Gasteiger partial charge >= 0.3 is 0 Å². The number of benzene rings is 3. The zero-order valence-corrected chi connectivity index (χ0v) is 21.1. The SMILES string of the molecule is CS(=O)(=O)N(Cc1ccccc1)c1ccc(OCC(=O)N2CCN(c3cccc(Cl)c3)CC2)cc1. The molecule has 3 aromatic rings. The first-order chi connectivity index (χ1) is 16.8. The van der Waals surface area contributed by atoms with Crippen LogP contribution in [-0.4, -0.2) is 58.3 Å². The number of ether oxygens (including phenoxy) is 1. The van der Waals surface area contributed by atoms with Gasteiger partial charge in [0, 0.05) is 36.9 Å². The van der Waals surface area contributed by atoms with Crippen LogP contribution in [0.1, 0.15) is 5.56 Å². The van der Waals surface area contributed by atoms with Crippen molar-refractivity contribution in [2.24, 2.45) is 0 Å². The number of hydrogen-bond donors (Lipinski definition) is 0. The molecule has 0 radical (unpaired) electrons. The first-order valence-electron chi connectivity index (χ1n) is 11.3. The molecule has 7 nitrogen and oxygen atoms in total. The summed E-state index contributed by atoms with van der Waals surface area (Å²) < 4.78 is 31.8. The molecule has 0 atom stereocenters. The number of rotatable bonds is 8. The molecular weight excluding hydrogens is 486 g/mol. The second-order valence-electron chi connectivity index (χ2n) is 8.39. The molecule has 9 heteroatoms. The van der Waals surface area contributed by atoms with Gasteiger partial charge in [0.2, 0.25) is 10.0 Å². The number of carbonyl (C=O) groups is 1. The summed E-state index contributed by atoms with van der Waals surface area (Å²) in [6.07, 6.45) is 1.19. The van der Waals surface area contributed by atoms with Crippen molar-refractivity contribution in [2.45, 2.75) is 6.54 Å². The van der Waals surface area contributed by atoms with Gasteiger partial charge in [0.05, 0.1) is 18.5 Å². The minimum atomic E-state index is -3.48. The van der Waals surface area contributed by atoms with Crippen LogP contribution in [0.4, 0.5) is 11.4 Å². The second kappa shape index (κ2) is 11.0. The van der Waals surface area contributed by atoms with Gasteiger partial charge in [0.1, 0.15) is 5.75 Å². The van der Waals surface area contributed by atoms with E-state index < -0.39 is 10.0 Å². The highest BCUT2D eigenvalue weighted by Gasteiger charge is 2.22. The van der Waals surface area contributed by atoms with E-state index in [9.17, 15) is 13.2 Å². The monoisotopic (exact) mass is 513 g/mol. The zero-order valence-electron chi connectivity index (χ0n) is 19.5. The predicted octanol–water partition coefficient (Wildman–Crippen LogP) is 4.03. The predicted molar refractivity (Wildman–Crippen MR) is 140 cm³/mol. The number of anilines is 2. The summed E-state index contributed by atoms with van der Waals surface area (Å²) in [5.74, 6) is 0.425. The Balaban J connectivity index is 1.31. The van der Waals surface area contributed by atoms with Crippen molar-refractivity contribution in [3.8, 4) is 5.75 Å². The largest absolute Gasteiger partial charge is 0.484 e. The summed E-state index contributed by atoms with van der Waals surface area (Å²) >= 11 is 6.09. The lowest BCUT2D eigenvalue weighted by Gasteiger charge is -2.36. The summed E-state index contributed by atoms with van der Waals surface area (Å²) in [5.41, 5.74) is 2.47. The fourth-order valence-corrected chi connectivity index (χ4v) is 5.05. The smallest absolute Gasteiger partial charge is 0.260 e. The lowest BCUT2D eigenvalue weighted by Crippen LogP contribution is -2.50. The zero-order chi connectivity index (χ0) is 24.8. The molecule has 0 saturated carbocycles. The maximum atomic E-state index is 12.7. The molecular formula is C26H28ClN3O4S. The lowest BCUT2D eigenvalue weighted by molar-refractivity contribution is -0.133. The Morgan fingerprint density at radius 3 is 2.26 bits per heavy atom. The van der Waals surface area contributed by atoms with E-state index in [2.05, 4.69) is 4.90 Å². The van der Waals surface area contributed by atoms with Crippen molar-refractivity contribution >= 4 is 38.9 Å². The van der Waals surface area contributed by atoms with Crippen molar-refractivity contribution in [1.82, 2.24) is 4.90 Å². The highest BCUT2D eigenvalue weighted by atomic mass is 35.5. The molecule has 0 bridgehead atoms. The Labute approximate surface area is 211 Å². The molecule has 1 saturated heterocycles. The third kappa shape index (κ3) is 6.68. The fourth-order valence-electron chi connectivity index (χ4n) is 3.98. The van der Waals surface area contributed by atoms with Crippen molar-refractivity contribution in [1.29, 1.82) is 0 Å². The van der Waals surface area contributed by atoms with Crippen LogP contribution in [0.5, 0.6) is 5.75 Å². The number of piperazine rings is 1. The van der Waals surface area contributed by atoms with E-state index in [4.69, 9.17) is 16.3 Å². The van der Waals surface area contributed by atoms with Gasteiger partial charge in [-0.3, -0.25) is 9.10 Å². The van der Waals surface area contributed by atoms with Crippen LogP contribution in [0.25, 0.3) is 0 Å². The number of carbonyl (C=O) groups excluding carboxylic acids is 1. The van der Waals surface area contributed by atoms with E-state index >= 15 is 0 Å². The second-order valence-corrected chi connectivity index (χ2v) is 10.7. The minimum Gasteiger partial charge on any atom is -0.484 e. The van der Waals surface area contributed by atoms with Gasteiger partial charge < -0.3 is 14.5 Å². The van der Waals surface area contributed by atoms with Crippen LogP contribution in [-0.2, 0) is 21.4 Å². The Morgan fingerprint density at radius 1 is 0.943 bits per heavy atom. The Hall–Kier alpha value is -3.23. The molecule has 1 aliphatic rings. The summed E-state index contributed by atoms with van der Waals surface area (Å²) in [6, 6.07) is 23.9. The third-order valence-electron chi connectivity index (χ3n) is 5.86. The molecule has 1 fully saturated rings. The number of hydrogen-bond acceptors (Lipinski definition) is 5. The van der Waals surface area contributed by atoms with Gasteiger partial charge in [-0.1, -0.05) is 48.0 Å². The van der Waals surface area contributed by atoms with E-state index in [0.29, 0.717) is 29.5 Å². The van der Waals surface area contributed by atoms with Gasteiger partial charge in [-0.05, 0) is 48.0 Å². The van der Waals surface area contributed by atoms with Crippen LogP contribution in [0.2, 0.25) is 5.02 Å². The molecule has 0 aromatic heterocycles. The summed E-state index contributed by atoms with van der Waals surface area (Å²) in [6.45, 7) is 2.83. The van der Waals surface area contributed by atoms with Gasteiger partial charge in [-0.25, -0.2) is 8.42 Å². The fraction of sp³-hybridized carbons (Fsp3) is 0.269. The highest BCUT2D eigenvalue weighted by Crippen LogP contribution is 2.24. The van der Waals surface area contributed by atoms with Crippen LogP contribution in [0.15, 0.2) is 78.9 Å². The van der Waals surface area contributed by atoms with E-state index in [0.717, 1.165) is 24.3 Å². The molecule has 35 heavy (non-hydrogen) atoms. The molecule has 184 valence electrons. The molecule has 0 unspecified atom stereocenters. The molecule has 0 N–H and O–H groups in total. The van der Waals surface area contributed by atoms with Crippen LogP contribution in [0.3, 0.4) is 0 Å². The van der Waals surface area contributed by atoms with Crippen LogP contribution >= 0.6 is 11.6 Å². The summed E-state index contributed by atoms with van der Waals surface area (Å²) in [7, 11) is -3.48. The van der Waals surface area contributed by atoms with Gasteiger partial charge in [-0.15, -0.1) is 0 Å². The molecule has 1 amide bonds. The van der Waals surface area contributed by atoms with Crippen molar-refractivity contribution < 1.29 is 17.9 Å². The van der Waals surface area contributed by atoms with E-state index in [1.165, 1.54) is 10.6 Å². The van der Waals surface area contributed by atoms with Crippen LogP contribution < -0.4 is 13.9 Å². The van der Waals surface area contributed by atoms with Gasteiger partial charge in [-0.2, -0.15) is 0 Å². The molecule has 3 aromatic carbocycles. The number of halogens is 1. The third-order valence-corrected chi connectivity index (χ3v) is 7.24. The number of sulfonamides is 1. The summed E-state index contributed by atoms with van der Waals surface area (Å²) in [4.78, 5) is 16.7. The molecule has 0 aliphatic carbocycles. The standard InChI is InChI=1S/C26H28ClN3O4S/c1-35(32,33)30(19-21-6-3-2-4-7-21)23-10-12-25(13-11-23)34-20-26(31)29-16-14-28(15-17-29)24-9-5-8-22(27)18-24/h2-13,18H,14-17,19-20H2,1H3. The van der Waals surface area contributed by atoms with Gasteiger partial charge in [0.15, 0.2) is 6.61 Å². The number of amides is 1. The molecule has 1 heterocycles. The van der Waals surface area contributed by atoms with Crippen molar-refractivity contribution in [2.75, 3.05) is 48.2 Å². The lowest BCUT2D eigenvalue weighted by atomic mass is 10.2. The van der Waals surface area contributed by atoms with E-state index in [1.54, 1.807) is 29.2 Å². The average molecular weight is 514 g/mol. The highest BCUT2D eigenvalue weighted by molar-refractivity contribution is 7.92. The molecule has 4 rings (SSSR count). The Bertz CT molecular complexity index is 1250. The summed E-state index contributed by atoms with van der Waals surface area (Å²) in [5, 5.41) is 0.695. The number of nitrogens with zero attached hydrogens (tertiary/aromatic N) is 3. The van der Waals surface area contributed by atoms with Crippen LogP contribution in [0, 0.1) is 0 Å².